The van der Waals surface area contributed by atoms with Gasteiger partial charge < -0.3 is 10.6 Å². The average Bonchev–Trinajstić information content (AvgIpc) is 2.56. The van der Waals surface area contributed by atoms with Crippen LogP contribution >= 0.6 is 0 Å². The lowest BCUT2D eigenvalue weighted by Gasteiger charge is -2.14. The number of carbonyl (C=O) groups excluding carboxylic acids is 2. The van der Waals surface area contributed by atoms with Crippen molar-refractivity contribution in [2.75, 3.05) is 11.9 Å². The van der Waals surface area contributed by atoms with Crippen LogP contribution in [0.1, 0.15) is 42.2 Å². The highest BCUT2D eigenvalue weighted by molar-refractivity contribution is 5.95. The van der Waals surface area contributed by atoms with Crippen LogP contribution in [0.15, 0.2) is 54.6 Å². The molecule has 1 amide bonds. The second kappa shape index (κ2) is 8.25. The number of hydrogen-bond donors (Lipinski definition) is 2. The third-order valence-corrected chi connectivity index (χ3v) is 3.68. The maximum atomic E-state index is 11.9. The summed E-state index contributed by atoms with van der Waals surface area (Å²) in [5, 5.41) is 6.17. The summed E-state index contributed by atoms with van der Waals surface area (Å²) in [4.78, 5) is 23.1. The summed E-state index contributed by atoms with van der Waals surface area (Å²) < 4.78 is 0. The number of rotatable bonds is 7. The Labute approximate surface area is 136 Å². The van der Waals surface area contributed by atoms with E-state index in [4.69, 9.17) is 0 Å². The van der Waals surface area contributed by atoms with Crippen LogP contribution in [0, 0.1) is 0 Å². The van der Waals surface area contributed by atoms with Crippen molar-refractivity contribution in [2.24, 2.45) is 0 Å². The highest BCUT2D eigenvalue weighted by Crippen LogP contribution is 2.12. The molecule has 0 saturated heterocycles. The third kappa shape index (κ3) is 5.34. The van der Waals surface area contributed by atoms with E-state index in [0.717, 1.165) is 0 Å². The molecule has 0 bridgehead atoms. The lowest BCUT2D eigenvalue weighted by molar-refractivity contribution is -0.116. The van der Waals surface area contributed by atoms with Crippen LogP contribution in [0.25, 0.3) is 0 Å². The molecule has 0 heterocycles. The number of benzene rings is 2. The highest BCUT2D eigenvalue weighted by Gasteiger charge is 2.07. The van der Waals surface area contributed by atoms with Gasteiger partial charge in [0.05, 0.1) is 0 Å². The molecular weight excluding hydrogens is 288 g/mol. The van der Waals surface area contributed by atoms with Crippen LogP contribution in [0.4, 0.5) is 5.69 Å². The Bertz CT molecular complexity index is 651. The van der Waals surface area contributed by atoms with Crippen molar-refractivity contribution in [3.05, 3.63) is 65.7 Å². The lowest BCUT2D eigenvalue weighted by atomic mass is 10.1. The van der Waals surface area contributed by atoms with E-state index in [1.54, 1.807) is 24.3 Å². The van der Waals surface area contributed by atoms with E-state index in [9.17, 15) is 9.59 Å². The molecule has 0 radical (unpaired) electrons. The van der Waals surface area contributed by atoms with E-state index in [0.29, 0.717) is 24.2 Å². The molecule has 0 aliphatic carbocycles. The lowest BCUT2D eigenvalue weighted by Crippen LogP contribution is -2.24. The van der Waals surface area contributed by atoms with Crippen LogP contribution in [-0.2, 0) is 4.79 Å². The summed E-state index contributed by atoms with van der Waals surface area (Å²) in [5.41, 5.74) is 2.55. The van der Waals surface area contributed by atoms with Gasteiger partial charge in [0.1, 0.15) is 0 Å². The maximum Gasteiger partial charge on any atom is 0.225 e. The molecule has 2 rings (SSSR count). The molecule has 120 valence electrons. The van der Waals surface area contributed by atoms with Gasteiger partial charge in [0.25, 0.3) is 0 Å². The molecule has 23 heavy (non-hydrogen) atoms. The summed E-state index contributed by atoms with van der Waals surface area (Å²) in [7, 11) is 0. The molecule has 0 saturated carbocycles. The van der Waals surface area contributed by atoms with Crippen molar-refractivity contribution in [3.63, 3.8) is 0 Å². The summed E-state index contributed by atoms with van der Waals surface area (Å²) in [5.74, 6) is -0.0321. The zero-order valence-electron chi connectivity index (χ0n) is 13.5. The van der Waals surface area contributed by atoms with Crippen molar-refractivity contribution >= 4 is 17.4 Å². The molecule has 2 N–H and O–H groups in total. The second-order valence-electron chi connectivity index (χ2n) is 5.52. The van der Waals surface area contributed by atoms with Crippen molar-refractivity contribution < 1.29 is 9.59 Å². The number of hydrogen-bond acceptors (Lipinski definition) is 3. The quantitative estimate of drug-likeness (QED) is 0.769. The highest BCUT2D eigenvalue weighted by atomic mass is 16.1. The molecule has 0 spiro atoms. The minimum absolute atomic E-state index is 0.0157. The van der Waals surface area contributed by atoms with E-state index >= 15 is 0 Å². The first kappa shape index (κ1) is 16.9. The standard InChI is InChI=1S/C19H22N2O2/c1-14(16-6-4-3-5-7-16)20-13-12-19(23)21-18-10-8-17(9-11-18)15(2)22/h3-11,14,20H,12-13H2,1-2H3,(H,21,23). The maximum absolute atomic E-state index is 11.9. The third-order valence-electron chi connectivity index (χ3n) is 3.68. The predicted octanol–water partition coefficient (Wildman–Crippen LogP) is 3.57. The number of ketones is 1. The summed E-state index contributed by atoms with van der Waals surface area (Å²) >= 11 is 0. The van der Waals surface area contributed by atoms with Crippen LogP contribution in [0.5, 0.6) is 0 Å². The topological polar surface area (TPSA) is 58.2 Å². The van der Waals surface area contributed by atoms with Gasteiger partial charge in [0.15, 0.2) is 5.78 Å². The molecule has 4 heteroatoms. The Morgan fingerprint density at radius 2 is 1.65 bits per heavy atom. The first-order chi connectivity index (χ1) is 11.1. The van der Waals surface area contributed by atoms with Gasteiger partial charge in [-0.05, 0) is 43.7 Å². The molecule has 4 nitrogen and oxygen atoms in total. The van der Waals surface area contributed by atoms with Crippen LogP contribution < -0.4 is 10.6 Å². The number of nitrogens with one attached hydrogen (secondary N) is 2. The molecule has 1 unspecified atom stereocenters. The fourth-order valence-electron chi connectivity index (χ4n) is 2.27. The molecule has 1 atom stereocenters. The van der Waals surface area contributed by atoms with Crippen molar-refractivity contribution in [2.45, 2.75) is 26.3 Å². The van der Waals surface area contributed by atoms with Gasteiger partial charge in [0.2, 0.25) is 5.91 Å². The Hall–Kier alpha value is -2.46. The van der Waals surface area contributed by atoms with Crippen molar-refractivity contribution in [1.29, 1.82) is 0 Å². The first-order valence-corrected chi connectivity index (χ1v) is 7.75. The summed E-state index contributed by atoms with van der Waals surface area (Å²) in [6, 6.07) is 17.3. The molecule has 2 aromatic rings. The first-order valence-electron chi connectivity index (χ1n) is 7.75. The fraction of sp³-hybridized carbons (Fsp3) is 0.263. The van der Waals surface area contributed by atoms with Gasteiger partial charge in [-0.1, -0.05) is 30.3 Å². The smallest absolute Gasteiger partial charge is 0.225 e. The van der Waals surface area contributed by atoms with E-state index in [-0.39, 0.29) is 17.7 Å². The second-order valence-corrected chi connectivity index (χ2v) is 5.52. The molecule has 0 aromatic heterocycles. The molecule has 0 aliphatic heterocycles. The summed E-state index contributed by atoms with van der Waals surface area (Å²) in [6.07, 6.45) is 0.394. The van der Waals surface area contributed by atoms with Crippen LogP contribution in [-0.4, -0.2) is 18.2 Å². The zero-order chi connectivity index (χ0) is 16.7. The Kier molecular flexibility index (Phi) is 6.06. The number of Topliss-reactive ketones (excluding diaryl/α,β-unsaturated/α-hetero) is 1. The van der Waals surface area contributed by atoms with Crippen molar-refractivity contribution in [3.8, 4) is 0 Å². The SMILES string of the molecule is CC(=O)c1ccc(NC(=O)CCNC(C)c2ccccc2)cc1. The number of amides is 1. The van der Waals surface area contributed by atoms with Crippen LogP contribution in [0.3, 0.4) is 0 Å². The average molecular weight is 310 g/mol. The Balaban J connectivity index is 1.76. The van der Waals surface area contributed by atoms with E-state index in [1.807, 2.05) is 18.2 Å². The Morgan fingerprint density at radius 3 is 2.26 bits per heavy atom. The molecular formula is C19H22N2O2. The number of anilines is 1. The van der Waals surface area contributed by atoms with Gasteiger partial charge in [-0.25, -0.2) is 0 Å². The predicted molar refractivity (Wildman–Crippen MR) is 92.6 cm³/mol. The normalized spacial score (nSPS) is 11.7. The molecule has 2 aromatic carbocycles. The zero-order valence-corrected chi connectivity index (χ0v) is 13.5. The van der Waals surface area contributed by atoms with Gasteiger partial charge in [-0.3, -0.25) is 9.59 Å². The summed E-state index contributed by atoms with van der Waals surface area (Å²) in [6.45, 7) is 4.20. The minimum Gasteiger partial charge on any atom is -0.326 e. The largest absolute Gasteiger partial charge is 0.326 e. The van der Waals surface area contributed by atoms with E-state index in [1.165, 1.54) is 12.5 Å². The van der Waals surface area contributed by atoms with Gasteiger partial charge in [-0.2, -0.15) is 0 Å². The Morgan fingerprint density at radius 1 is 1.00 bits per heavy atom. The van der Waals surface area contributed by atoms with E-state index < -0.39 is 0 Å². The van der Waals surface area contributed by atoms with Gasteiger partial charge in [-0.15, -0.1) is 0 Å². The van der Waals surface area contributed by atoms with Crippen molar-refractivity contribution in [1.82, 2.24) is 5.32 Å². The molecule has 0 fully saturated rings. The van der Waals surface area contributed by atoms with Crippen LogP contribution in [0.2, 0.25) is 0 Å². The number of carbonyl (C=O) groups is 2. The molecule has 0 aliphatic rings. The van der Waals surface area contributed by atoms with Gasteiger partial charge in [0, 0.05) is 30.3 Å². The fourth-order valence-corrected chi connectivity index (χ4v) is 2.27. The monoisotopic (exact) mass is 310 g/mol. The van der Waals surface area contributed by atoms with Gasteiger partial charge >= 0.3 is 0 Å². The minimum atomic E-state index is -0.0478. The van der Waals surface area contributed by atoms with E-state index in [2.05, 4.69) is 29.7 Å².